The van der Waals surface area contributed by atoms with E-state index in [1.165, 1.54) is 6.92 Å². The van der Waals surface area contributed by atoms with E-state index >= 15 is 0 Å². The van der Waals surface area contributed by atoms with Gasteiger partial charge in [-0.3, -0.25) is 14.6 Å². The Hall–Kier alpha value is -3.16. The Morgan fingerprint density at radius 3 is 2.37 bits per heavy atom. The summed E-state index contributed by atoms with van der Waals surface area (Å²) in [5.41, 5.74) is 0.236. The molecule has 8 nitrogen and oxygen atoms in total. The number of esters is 2. The van der Waals surface area contributed by atoms with Crippen molar-refractivity contribution in [3.8, 4) is 0 Å². The van der Waals surface area contributed by atoms with Crippen LogP contribution >= 0.6 is 0 Å². The molecule has 8 heteroatoms. The molecule has 0 aliphatic carbocycles. The Morgan fingerprint density at radius 1 is 1.15 bits per heavy atom. The summed E-state index contributed by atoms with van der Waals surface area (Å²) in [5.74, 6) is -2.16. The van der Waals surface area contributed by atoms with Gasteiger partial charge in [0, 0.05) is 11.8 Å². The van der Waals surface area contributed by atoms with E-state index in [9.17, 15) is 19.5 Å². The second-order valence-corrected chi connectivity index (χ2v) is 5.33. The molecule has 0 spiro atoms. The topological polar surface area (TPSA) is 114 Å². The molecule has 27 heavy (non-hydrogen) atoms. The van der Waals surface area contributed by atoms with Gasteiger partial charge in [0.2, 0.25) is 5.91 Å². The highest BCUT2D eigenvalue weighted by molar-refractivity contribution is 6.15. The molecule has 0 aliphatic rings. The summed E-state index contributed by atoms with van der Waals surface area (Å²) in [7, 11) is 0. The third-order valence-corrected chi connectivity index (χ3v) is 3.32. The van der Waals surface area contributed by atoms with Crippen molar-refractivity contribution >= 4 is 29.8 Å². The summed E-state index contributed by atoms with van der Waals surface area (Å²) in [6.45, 7) is 4.84. The first-order chi connectivity index (χ1) is 12.9. The van der Waals surface area contributed by atoms with Gasteiger partial charge in [0.25, 0.3) is 0 Å². The number of carbonyl (C=O) groups is 3. The van der Waals surface area contributed by atoms with Gasteiger partial charge in [0.05, 0.1) is 13.2 Å². The van der Waals surface area contributed by atoms with Gasteiger partial charge < -0.3 is 19.9 Å². The number of carbonyl (C=O) groups excluding carboxylic acids is 3. The molecule has 1 amide bonds. The molecule has 2 N–H and O–H groups in total. The predicted octanol–water partition coefficient (Wildman–Crippen LogP) is 1.66. The van der Waals surface area contributed by atoms with Gasteiger partial charge in [-0.15, -0.1) is 0 Å². The van der Waals surface area contributed by atoms with Crippen LogP contribution in [0.1, 0.15) is 26.3 Å². The molecular formula is C19H24N2O6. The number of ether oxygens (including phenoxy) is 2. The third kappa shape index (κ3) is 7.31. The first-order valence-corrected chi connectivity index (χ1v) is 8.52. The van der Waals surface area contributed by atoms with Crippen molar-refractivity contribution in [1.82, 2.24) is 5.32 Å². The molecule has 146 valence electrons. The van der Waals surface area contributed by atoms with E-state index in [0.717, 1.165) is 6.21 Å². The quantitative estimate of drug-likeness (QED) is 0.293. The summed E-state index contributed by atoms with van der Waals surface area (Å²) in [6.07, 6.45) is 1.09. The Kier molecular flexibility index (Phi) is 9.28. The van der Waals surface area contributed by atoms with Crippen molar-refractivity contribution in [2.75, 3.05) is 19.8 Å². The number of hydrogen-bond acceptors (Lipinski definition) is 7. The van der Waals surface area contributed by atoms with Crippen molar-refractivity contribution in [2.45, 2.75) is 26.8 Å². The summed E-state index contributed by atoms with van der Waals surface area (Å²) >= 11 is 0. The average Bonchev–Trinajstić information content (AvgIpc) is 2.67. The first kappa shape index (κ1) is 21.9. The maximum atomic E-state index is 12.1. The maximum absolute atomic E-state index is 12.1. The van der Waals surface area contributed by atoms with Crippen LogP contribution in [0.5, 0.6) is 0 Å². The molecule has 1 rings (SSSR count). The smallest absolute Gasteiger partial charge is 0.343 e. The molecule has 0 saturated carbocycles. The lowest BCUT2D eigenvalue weighted by Gasteiger charge is -2.09. The van der Waals surface area contributed by atoms with Crippen LogP contribution in [-0.2, 0) is 23.9 Å². The van der Waals surface area contributed by atoms with E-state index in [1.54, 1.807) is 44.2 Å². The van der Waals surface area contributed by atoms with Crippen LogP contribution < -0.4 is 5.32 Å². The van der Waals surface area contributed by atoms with Gasteiger partial charge in [0.15, 0.2) is 0 Å². The fourth-order valence-corrected chi connectivity index (χ4v) is 1.94. The van der Waals surface area contributed by atoms with E-state index in [0.29, 0.717) is 5.56 Å². The normalized spacial score (nSPS) is 12.9. The van der Waals surface area contributed by atoms with Gasteiger partial charge >= 0.3 is 11.9 Å². The number of rotatable bonds is 9. The van der Waals surface area contributed by atoms with E-state index in [-0.39, 0.29) is 31.1 Å². The van der Waals surface area contributed by atoms with E-state index < -0.39 is 23.9 Å². The SMILES string of the molecule is CCOC(=O)CNC(=O)C(C)N=C/C(C(=O)OCC)=C(/O)c1ccccc1. The molecule has 0 aromatic heterocycles. The van der Waals surface area contributed by atoms with Crippen LogP contribution in [0.15, 0.2) is 40.9 Å². The zero-order valence-electron chi connectivity index (χ0n) is 15.6. The largest absolute Gasteiger partial charge is 0.506 e. The lowest BCUT2D eigenvalue weighted by Crippen LogP contribution is -2.36. The number of aliphatic imine (C=N–C) groups is 1. The Labute approximate surface area is 157 Å². The average molecular weight is 376 g/mol. The molecule has 0 saturated heterocycles. The zero-order valence-corrected chi connectivity index (χ0v) is 15.6. The minimum Gasteiger partial charge on any atom is -0.506 e. The minimum atomic E-state index is -0.896. The van der Waals surface area contributed by atoms with Crippen molar-refractivity contribution in [2.24, 2.45) is 4.99 Å². The highest BCUT2D eigenvalue weighted by atomic mass is 16.5. The number of amides is 1. The standard InChI is InChI=1S/C19H24N2O6/c1-4-26-16(22)12-21-18(24)13(3)20-11-15(19(25)27-5-2)17(23)14-9-7-6-8-10-14/h6-11,13,23H,4-5,12H2,1-3H3,(H,21,24)/b17-15-,20-11?. The molecule has 0 fully saturated rings. The number of aliphatic hydroxyl groups is 1. The van der Waals surface area contributed by atoms with Crippen molar-refractivity contribution in [3.63, 3.8) is 0 Å². The summed E-state index contributed by atoms with van der Waals surface area (Å²) < 4.78 is 9.65. The molecule has 1 aromatic rings. The Bertz CT molecular complexity index is 712. The van der Waals surface area contributed by atoms with Gasteiger partial charge in [-0.2, -0.15) is 0 Å². The molecule has 1 aromatic carbocycles. The first-order valence-electron chi connectivity index (χ1n) is 8.52. The van der Waals surface area contributed by atoms with Crippen LogP contribution in [0.4, 0.5) is 0 Å². The lowest BCUT2D eigenvalue weighted by molar-refractivity contribution is -0.143. The molecule has 1 atom stereocenters. The number of nitrogens with one attached hydrogen (secondary N) is 1. The lowest BCUT2D eigenvalue weighted by atomic mass is 10.1. The van der Waals surface area contributed by atoms with Crippen molar-refractivity contribution < 1.29 is 29.0 Å². The zero-order chi connectivity index (χ0) is 20.2. The van der Waals surface area contributed by atoms with Crippen LogP contribution in [0.3, 0.4) is 0 Å². The van der Waals surface area contributed by atoms with Crippen LogP contribution in [0.25, 0.3) is 5.76 Å². The molecule has 0 bridgehead atoms. The summed E-state index contributed by atoms with van der Waals surface area (Å²) in [4.78, 5) is 39.4. The van der Waals surface area contributed by atoms with Gasteiger partial charge in [-0.25, -0.2) is 4.79 Å². The van der Waals surface area contributed by atoms with Gasteiger partial charge in [0.1, 0.15) is 23.9 Å². The third-order valence-electron chi connectivity index (χ3n) is 3.32. The summed E-state index contributed by atoms with van der Waals surface area (Å²) in [6, 6.07) is 7.53. The molecule has 1 unspecified atom stereocenters. The maximum Gasteiger partial charge on any atom is 0.343 e. The highest BCUT2D eigenvalue weighted by Gasteiger charge is 2.18. The number of benzene rings is 1. The minimum absolute atomic E-state index is 0.119. The monoisotopic (exact) mass is 376 g/mol. The second-order valence-electron chi connectivity index (χ2n) is 5.33. The molecule has 0 heterocycles. The highest BCUT2D eigenvalue weighted by Crippen LogP contribution is 2.16. The van der Waals surface area contributed by atoms with E-state index in [2.05, 4.69) is 10.3 Å². The van der Waals surface area contributed by atoms with Crippen LogP contribution in [0, 0.1) is 0 Å². The van der Waals surface area contributed by atoms with Gasteiger partial charge in [-0.1, -0.05) is 30.3 Å². The van der Waals surface area contributed by atoms with Crippen LogP contribution in [-0.4, -0.2) is 55.0 Å². The second kappa shape index (κ2) is 11.5. The Balaban J connectivity index is 2.93. The molecular weight excluding hydrogens is 352 g/mol. The predicted molar refractivity (Wildman–Crippen MR) is 100 cm³/mol. The summed E-state index contributed by atoms with van der Waals surface area (Å²) in [5, 5.41) is 12.8. The van der Waals surface area contributed by atoms with Crippen LogP contribution in [0.2, 0.25) is 0 Å². The molecule has 0 radical (unpaired) electrons. The van der Waals surface area contributed by atoms with E-state index in [4.69, 9.17) is 9.47 Å². The van der Waals surface area contributed by atoms with E-state index in [1.807, 2.05) is 0 Å². The van der Waals surface area contributed by atoms with Crippen molar-refractivity contribution in [3.05, 3.63) is 41.5 Å². The number of aliphatic hydroxyl groups excluding tert-OH is 1. The van der Waals surface area contributed by atoms with Gasteiger partial charge in [-0.05, 0) is 20.8 Å². The fourth-order valence-electron chi connectivity index (χ4n) is 1.94. The fraction of sp³-hybridized carbons (Fsp3) is 0.368. The Morgan fingerprint density at radius 2 is 1.78 bits per heavy atom. The number of hydrogen-bond donors (Lipinski definition) is 2. The molecule has 0 aliphatic heterocycles. The number of nitrogens with zero attached hydrogens (tertiary/aromatic N) is 1. The van der Waals surface area contributed by atoms with Crippen molar-refractivity contribution in [1.29, 1.82) is 0 Å².